The Bertz CT molecular complexity index is 817. The minimum Gasteiger partial charge on any atom is -0.342 e. The summed E-state index contributed by atoms with van der Waals surface area (Å²) >= 11 is 0. The largest absolute Gasteiger partial charge is 0.342 e. The Labute approximate surface area is 165 Å². The molecule has 2 amide bonds. The molecule has 148 valence electrons. The van der Waals surface area contributed by atoms with E-state index in [0.717, 1.165) is 49.9 Å². The summed E-state index contributed by atoms with van der Waals surface area (Å²) in [4.78, 5) is 29.6. The lowest BCUT2D eigenvalue weighted by Gasteiger charge is -2.37. The van der Waals surface area contributed by atoms with Crippen LogP contribution in [0.15, 0.2) is 36.5 Å². The van der Waals surface area contributed by atoms with Crippen LogP contribution in [-0.4, -0.2) is 58.0 Å². The number of carbonyl (C=O) groups is 2. The van der Waals surface area contributed by atoms with Crippen LogP contribution < -0.4 is 0 Å². The third kappa shape index (κ3) is 3.81. The van der Waals surface area contributed by atoms with Gasteiger partial charge in [-0.25, -0.2) is 0 Å². The number of nitrogens with zero attached hydrogens (tertiary/aromatic N) is 3. The van der Waals surface area contributed by atoms with E-state index in [-0.39, 0.29) is 17.7 Å². The quantitative estimate of drug-likeness (QED) is 0.890. The molecule has 2 aromatic rings. The predicted octanol–water partition coefficient (Wildman–Crippen LogP) is 2.98. The van der Waals surface area contributed by atoms with Gasteiger partial charge in [-0.1, -0.05) is 18.2 Å². The average Bonchev–Trinajstić information content (AvgIpc) is 3.28. The molecule has 28 heavy (non-hydrogen) atoms. The lowest BCUT2D eigenvalue weighted by atomic mass is 9.90. The highest BCUT2D eigenvalue weighted by Crippen LogP contribution is 2.29. The summed E-state index contributed by atoms with van der Waals surface area (Å²) in [6.07, 6.45) is 5.28. The number of rotatable bonds is 3. The van der Waals surface area contributed by atoms with Crippen LogP contribution in [0.2, 0.25) is 0 Å². The zero-order chi connectivity index (χ0) is 19.5. The van der Waals surface area contributed by atoms with Crippen molar-refractivity contribution in [3.05, 3.63) is 53.3 Å². The number of carbonyl (C=O) groups excluding carboxylic acids is 2. The second-order valence-electron chi connectivity index (χ2n) is 7.99. The van der Waals surface area contributed by atoms with Crippen molar-refractivity contribution in [3.63, 3.8) is 0 Å². The zero-order valence-electron chi connectivity index (χ0n) is 16.4. The molecular weight excluding hydrogens is 352 g/mol. The molecule has 0 radical (unpaired) electrons. The smallest absolute Gasteiger partial charge is 0.254 e. The van der Waals surface area contributed by atoms with E-state index in [0.29, 0.717) is 19.0 Å². The van der Waals surface area contributed by atoms with Gasteiger partial charge in [-0.3, -0.25) is 14.7 Å². The number of benzene rings is 1. The first kappa shape index (κ1) is 18.7. The Kier molecular flexibility index (Phi) is 5.46. The van der Waals surface area contributed by atoms with Crippen LogP contribution in [-0.2, 0) is 4.79 Å². The lowest BCUT2D eigenvalue weighted by Crippen LogP contribution is -2.46. The fourth-order valence-corrected chi connectivity index (χ4v) is 4.48. The maximum Gasteiger partial charge on any atom is 0.254 e. The summed E-state index contributed by atoms with van der Waals surface area (Å²) in [6, 6.07) is 9.74. The molecule has 4 rings (SSSR count). The van der Waals surface area contributed by atoms with Gasteiger partial charge in [0.05, 0.1) is 0 Å². The number of aromatic amines is 1. The van der Waals surface area contributed by atoms with Gasteiger partial charge in [-0.2, -0.15) is 5.10 Å². The topological polar surface area (TPSA) is 69.3 Å². The Balaban J connectivity index is 1.29. The fourth-order valence-electron chi connectivity index (χ4n) is 4.48. The molecule has 0 aliphatic carbocycles. The van der Waals surface area contributed by atoms with Crippen molar-refractivity contribution >= 4 is 11.8 Å². The minimum absolute atomic E-state index is 0.0459. The molecular formula is C22H28N4O2. The Morgan fingerprint density at radius 2 is 1.64 bits per heavy atom. The van der Waals surface area contributed by atoms with Crippen molar-refractivity contribution in [3.8, 4) is 0 Å². The maximum absolute atomic E-state index is 12.9. The number of aryl methyl sites for hydroxylation is 1. The predicted molar refractivity (Wildman–Crippen MR) is 107 cm³/mol. The molecule has 2 aliphatic heterocycles. The fraction of sp³-hybridized carbons (Fsp3) is 0.500. The summed E-state index contributed by atoms with van der Waals surface area (Å²) < 4.78 is 0. The first-order valence-corrected chi connectivity index (χ1v) is 10.3. The molecule has 6 nitrogen and oxygen atoms in total. The highest BCUT2D eigenvalue weighted by molar-refractivity contribution is 5.95. The number of hydrogen-bond acceptors (Lipinski definition) is 3. The van der Waals surface area contributed by atoms with Crippen LogP contribution in [0.4, 0.5) is 0 Å². The van der Waals surface area contributed by atoms with Crippen LogP contribution in [0.25, 0.3) is 0 Å². The maximum atomic E-state index is 12.9. The standard InChI is InChI=1S/C22H28N4O2/c1-16-4-2-3-5-19(16)22(28)26-14-9-18(10-15-26)21(27)25-12-7-17(8-13-25)20-6-11-23-24-20/h2-6,11,17-18H,7-10,12-15H2,1H3,(H,23,24). The van der Waals surface area contributed by atoms with E-state index < -0.39 is 0 Å². The molecule has 2 saturated heterocycles. The third-order valence-electron chi connectivity index (χ3n) is 6.28. The average molecular weight is 380 g/mol. The van der Waals surface area contributed by atoms with Gasteiger partial charge in [0.2, 0.25) is 5.91 Å². The third-order valence-corrected chi connectivity index (χ3v) is 6.28. The number of nitrogens with one attached hydrogen (secondary N) is 1. The SMILES string of the molecule is Cc1ccccc1C(=O)N1CCC(C(=O)N2CCC(c3ccn[nH]3)CC2)CC1. The van der Waals surface area contributed by atoms with Gasteiger partial charge >= 0.3 is 0 Å². The van der Waals surface area contributed by atoms with Gasteiger partial charge in [0.1, 0.15) is 0 Å². The number of aromatic nitrogens is 2. The Hall–Kier alpha value is -2.63. The van der Waals surface area contributed by atoms with Crippen LogP contribution in [0.5, 0.6) is 0 Å². The van der Waals surface area contributed by atoms with Gasteiger partial charge in [0.15, 0.2) is 0 Å². The minimum atomic E-state index is 0.0459. The van der Waals surface area contributed by atoms with E-state index in [4.69, 9.17) is 0 Å². The van der Waals surface area contributed by atoms with Crippen molar-refractivity contribution in [2.45, 2.75) is 38.5 Å². The molecule has 0 unspecified atom stereocenters. The summed E-state index contributed by atoms with van der Waals surface area (Å²) in [7, 11) is 0. The van der Waals surface area contributed by atoms with E-state index >= 15 is 0 Å². The molecule has 0 spiro atoms. The molecule has 0 saturated carbocycles. The van der Waals surface area contributed by atoms with Crippen molar-refractivity contribution in [1.82, 2.24) is 20.0 Å². The number of piperidine rings is 2. The first-order valence-electron chi connectivity index (χ1n) is 10.3. The lowest BCUT2D eigenvalue weighted by molar-refractivity contribution is -0.138. The highest BCUT2D eigenvalue weighted by Gasteiger charge is 2.32. The van der Waals surface area contributed by atoms with E-state index in [9.17, 15) is 9.59 Å². The Morgan fingerprint density at radius 1 is 0.964 bits per heavy atom. The first-order chi connectivity index (χ1) is 13.6. The summed E-state index contributed by atoms with van der Waals surface area (Å²) in [5, 5.41) is 7.09. The Morgan fingerprint density at radius 3 is 2.29 bits per heavy atom. The monoisotopic (exact) mass is 380 g/mol. The normalized spacial score (nSPS) is 19.0. The van der Waals surface area contributed by atoms with Gasteiger partial charge in [0.25, 0.3) is 5.91 Å². The zero-order valence-corrected chi connectivity index (χ0v) is 16.4. The van der Waals surface area contributed by atoms with Crippen molar-refractivity contribution in [2.75, 3.05) is 26.2 Å². The number of hydrogen-bond donors (Lipinski definition) is 1. The van der Waals surface area contributed by atoms with Crippen molar-refractivity contribution in [1.29, 1.82) is 0 Å². The van der Waals surface area contributed by atoms with Gasteiger partial charge < -0.3 is 9.80 Å². The summed E-state index contributed by atoms with van der Waals surface area (Å²) in [5.41, 5.74) is 2.95. The van der Waals surface area contributed by atoms with Crippen LogP contribution in [0.3, 0.4) is 0 Å². The van der Waals surface area contributed by atoms with E-state index in [1.165, 1.54) is 5.69 Å². The van der Waals surface area contributed by atoms with Crippen molar-refractivity contribution < 1.29 is 9.59 Å². The molecule has 2 fully saturated rings. The van der Waals surface area contributed by atoms with Gasteiger partial charge in [-0.15, -0.1) is 0 Å². The van der Waals surface area contributed by atoms with Gasteiger partial charge in [-0.05, 0) is 50.3 Å². The second kappa shape index (κ2) is 8.17. The van der Waals surface area contributed by atoms with E-state index in [2.05, 4.69) is 10.2 Å². The van der Waals surface area contributed by atoms with Crippen LogP contribution in [0, 0.1) is 12.8 Å². The number of amides is 2. The molecule has 6 heteroatoms. The number of likely N-dealkylation sites (tertiary alicyclic amines) is 2. The number of H-pyrrole nitrogens is 1. The molecule has 1 N–H and O–H groups in total. The summed E-state index contributed by atoms with van der Waals surface area (Å²) in [6.45, 7) is 4.91. The molecule has 0 bridgehead atoms. The van der Waals surface area contributed by atoms with Crippen LogP contribution in [0.1, 0.15) is 53.2 Å². The van der Waals surface area contributed by atoms with E-state index in [1.54, 1.807) is 6.20 Å². The van der Waals surface area contributed by atoms with E-state index in [1.807, 2.05) is 47.1 Å². The highest BCUT2D eigenvalue weighted by atomic mass is 16.2. The van der Waals surface area contributed by atoms with Crippen molar-refractivity contribution in [2.24, 2.45) is 5.92 Å². The van der Waals surface area contributed by atoms with Crippen LogP contribution >= 0.6 is 0 Å². The molecule has 0 atom stereocenters. The molecule has 2 aliphatic rings. The molecule has 1 aromatic carbocycles. The second-order valence-corrected chi connectivity index (χ2v) is 7.99. The molecule has 1 aromatic heterocycles. The summed E-state index contributed by atoms with van der Waals surface area (Å²) in [5.74, 6) is 0.875. The molecule has 3 heterocycles. The van der Waals surface area contributed by atoms with Gasteiger partial charge in [0, 0.05) is 55.5 Å².